The van der Waals surface area contributed by atoms with E-state index in [1.807, 2.05) is 32.0 Å². The van der Waals surface area contributed by atoms with Crippen LogP contribution in [0.25, 0.3) is 0 Å². The summed E-state index contributed by atoms with van der Waals surface area (Å²) in [6.45, 7) is 6.01. The van der Waals surface area contributed by atoms with Crippen molar-refractivity contribution in [2.45, 2.75) is 44.8 Å². The molecule has 1 atom stereocenters. The molecule has 20 heavy (non-hydrogen) atoms. The molecule has 2 rings (SSSR count). The third kappa shape index (κ3) is 3.04. The van der Waals surface area contributed by atoms with Crippen molar-refractivity contribution >= 4 is 5.91 Å². The van der Waals surface area contributed by atoms with Crippen LogP contribution in [0.3, 0.4) is 0 Å². The van der Waals surface area contributed by atoms with Gasteiger partial charge in [-0.2, -0.15) is 0 Å². The molecule has 1 heterocycles. The highest BCUT2D eigenvalue weighted by atomic mass is 16.5. The molecule has 110 valence electrons. The number of hydrogen-bond acceptors (Lipinski definition) is 4. The van der Waals surface area contributed by atoms with Gasteiger partial charge in [-0.05, 0) is 26.8 Å². The Bertz CT molecular complexity index is 524. The van der Waals surface area contributed by atoms with Gasteiger partial charge in [-0.3, -0.25) is 4.79 Å². The predicted octanol–water partition coefficient (Wildman–Crippen LogP) is 1.37. The summed E-state index contributed by atoms with van der Waals surface area (Å²) in [6, 6.07) is 5.83. The maximum atomic E-state index is 11.2. The molecule has 0 saturated heterocycles. The quantitative estimate of drug-likeness (QED) is 0.851. The molecule has 1 aliphatic rings. The first kappa shape index (κ1) is 14.7. The minimum atomic E-state index is -1.06. The lowest BCUT2D eigenvalue weighted by Gasteiger charge is -2.21. The first-order chi connectivity index (χ1) is 9.21. The molecule has 0 spiro atoms. The van der Waals surface area contributed by atoms with Gasteiger partial charge in [-0.1, -0.05) is 12.1 Å². The van der Waals surface area contributed by atoms with Crippen LogP contribution in [0.15, 0.2) is 18.2 Å². The highest BCUT2D eigenvalue weighted by Crippen LogP contribution is 2.41. The number of nitrogens with two attached hydrogens (primary N) is 2. The first-order valence-electron chi connectivity index (χ1n) is 6.74. The monoisotopic (exact) mass is 278 g/mol. The largest absolute Gasteiger partial charge is 0.490 e. The van der Waals surface area contributed by atoms with Crippen LogP contribution >= 0.6 is 0 Å². The lowest BCUT2D eigenvalue weighted by Crippen LogP contribution is -2.50. The molecule has 1 unspecified atom stereocenters. The maximum absolute atomic E-state index is 11.2. The molecule has 5 heteroatoms. The minimum absolute atomic E-state index is 0.211. The minimum Gasteiger partial charge on any atom is -0.490 e. The van der Waals surface area contributed by atoms with Gasteiger partial charge in [-0.25, -0.2) is 0 Å². The second-order valence-corrected chi connectivity index (χ2v) is 6.16. The van der Waals surface area contributed by atoms with Crippen LogP contribution < -0.4 is 20.9 Å². The van der Waals surface area contributed by atoms with E-state index in [-0.39, 0.29) is 5.60 Å². The van der Waals surface area contributed by atoms with Crippen molar-refractivity contribution in [2.75, 3.05) is 6.61 Å². The summed E-state index contributed by atoms with van der Waals surface area (Å²) in [4.78, 5) is 11.2. The average Bonchev–Trinajstić information content (AvgIpc) is 2.63. The van der Waals surface area contributed by atoms with Gasteiger partial charge < -0.3 is 20.9 Å². The fourth-order valence-electron chi connectivity index (χ4n) is 2.20. The SMILES string of the molecule is CC1(C)Cc2cccc(OCCC(C)(N)C(N)=O)c2O1. The molecule has 0 aliphatic carbocycles. The second-order valence-electron chi connectivity index (χ2n) is 6.16. The first-order valence-corrected chi connectivity index (χ1v) is 6.74. The van der Waals surface area contributed by atoms with Gasteiger partial charge >= 0.3 is 0 Å². The molecule has 0 radical (unpaired) electrons. The van der Waals surface area contributed by atoms with Crippen LogP contribution in [0.5, 0.6) is 11.5 Å². The zero-order valence-corrected chi connectivity index (χ0v) is 12.2. The van der Waals surface area contributed by atoms with Gasteiger partial charge in [0.05, 0.1) is 12.1 Å². The van der Waals surface area contributed by atoms with Crippen molar-refractivity contribution in [3.63, 3.8) is 0 Å². The lowest BCUT2D eigenvalue weighted by molar-refractivity contribution is -0.123. The summed E-state index contributed by atoms with van der Waals surface area (Å²) in [5, 5.41) is 0. The van der Waals surface area contributed by atoms with E-state index in [9.17, 15) is 4.79 Å². The highest BCUT2D eigenvalue weighted by molar-refractivity contribution is 5.83. The Hall–Kier alpha value is -1.75. The Kier molecular flexibility index (Phi) is 3.65. The zero-order valence-electron chi connectivity index (χ0n) is 12.2. The smallest absolute Gasteiger partial charge is 0.237 e. The van der Waals surface area contributed by atoms with Crippen molar-refractivity contribution in [3.8, 4) is 11.5 Å². The van der Waals surface area contributed by atoms with Crippen molar-refractivity contribution < 1.29 is 14.3 Å². The van der Waals surface area contributed by atoms with Gasteiger partial charge in [0, 0.05) is 18.4 Å². The normalized spacial score (nSPS) is 18.8. The summed E-state index contributed by atoms with van der Waals surface area (Å²) in [5.41, 5.74) is 10.9. The van der Waals surface area contributed by atoms with E-state index < -0.39 is 11.4 Å². The van der Waals surface area contributed by atoms with Gasteiger partial charge in [0.15, 0.2) is 11.5 Å². The van der Waals surface area contributed by atoms with Crippen molar-refractivity contribution in [1.82, 2.24) is 0 Å². The molecule has 0 saturated carbocycles. The number of carbonyl (C=O) groups is 1. The van der Waals surface area contributed by atoms with Gasteiger partial charge in [0.1, 0.15) is 5.60 Å². The third-order valence-electron chi connectivity index (χ3n) is 3.50. The molecule has 0 aromatic heterocycles. The second kappa shape index (κ2) is 4.98. The summed E-state index contributed by atoms with van der Waals surface area (Å²) in [7, 11) is 0. The van der Waals surface area contributed by atoms with Gasteiger partial charge in [-0.15, -0.1) is 0 Å². The summed E-state index contributed by atoms with van der Waals surface area (Å²) < 4.78 is 11.6. The summed E-state index contributed by atoms with van der Waals surface area (Å²) in [6.07, 6.45) is 1.21. The summed E-state index contributed by atoms with van der Waals surface area (Å²) in [5.74, 6) is 0.945. The van der Waals surface area contributed by atoms with Crippen LogP contribution in [-0.2, 0) is 11.2 Å². The van der Waals surface area contributed by atoms with Gasteiger partial charge in [0.2, 0.25) is 5.91 Å². The number of hydrogen-bond donors (Lipinski definition) is 2. The number of ether oxygens (including phenoxy) is 2. The summed E-state index contributed by atoms with van der Waals surface area (Å²) >= 11 is 0. The Morgan fingerprint density at radius 1 is 1.50 bits per heavy atom. The molecule has 1 amide bonds. The Balaban J connectivity index is 2.03. The Morgan fingerprint density at radius 3 is 2.85 bits per heavy atom. The molecule has 1 aliphatic heterocycles. The van der Waals surface area contributed by atoms with Crippen LogP contribution in [0.2, 0.25) is 0 Å². The number of fused-ring (bicyclic) bond motifs is 1. The topological polar surface area (TPSA) is 87.6 Å². The van der Waals surface area contributed by atoms with Crippen molar-refractivity contribution in [2.24, 2.45) is 11.5 Å². The van der Waals surface area contributed by atoms with E-state index >= 15 is 0 Å². The van der Waals surface area contributed by atoms with E-state index in [1.165, 1.54) is 0 Å². The third-order valence-corrected chi connectivity index (χ3v) is 3.50. The molecule has 5 nitrogen and oxygen atoms in total. The molecular weight excluding hydrogens is 256 g/mol. The number of para-hydroxylation sites is 1. The number of primary amides is 1. The standard InChI is InChI=1S/C15H22N2O3/c1-14(2)9-10-5-4-6-11(12(10)20-14)19-8-7-15(3,17)13(16)18/h4-6H,7-9,17H2,1-3H3,(H2,16,18). The van der Waals surface area contributed by atoms with Crippen LogP contribution in [0.4, 0.5) is 0 Å². The van der Waals surface area contributed by atoms with Crippen molar-refractivity contribution in [1.29, 1.82) is 0 Å². The lowest BCUT2D eigenvalue weighted by atomic mass is 9.99. The number of carbonyl (C=O) groups excluding carboxylic acids is 1. The molecular formula is C15H22N2O3. The van der Waals surface area contributed by atoms with Crippen LogP contribution in [-0.4, -0.2) is 23.7 Å². The van der Waals surface area contributed by atoms with E-state index in [0.29, 0.717) is 18.8 Å². The van der Waals surface area contributed by atoms with E-state index in [2.05, 4.69) is 0 Å². The van der Waals surface area contributed by atoms with Crippen LogP contribution in [0, 0.1) is 0 Å². The number of rotatable bonds is 5. The highest BCUT2D eigenvalue weighted by Gasteiger charge is 2.32. The fourth-order valence-corrected chi connectivity index (χ4v) is 2.20. The number of benzene rings is 1. The fraction of sp³-hybridized carbons (Fsp3) is 0.533. The average molecular weight is 278 g/mol. The Morgan fingerprint density at radius 2 is 2.20 bits per heavy atom. The molecule has 0 fully saturated rings. The zero-order chi connectivity index (χ0) is 15.0. The predicted molar refractivity (Wildman–Crippen MR) is 76.8 cm³/mol. The molecule has 4 N–H and O–H groups in total. The van der Waals surface area contributed by atoms with Gasteiger partial charge in [0.25, 0.3) is 0 Å². The Labute approximate surface area is 119 Å². The van der Waals surface area contributed by atoms with E-state index in [1.54, 1.807) is 6.92 Å². The molecule has 1 aromatic rings. The van der Waals surface area contributed by atoms with Crippen molar-refractivity contribution in [3.05, 3.63) is 23.8 Å². The van der Waals surface area contributed by atoms with Crippen LogP contribution in [0.1, 0.15) is 32.8 Å². The number of amides is 1. The van der Waals surface area contributed by atoms with E-state index in [0.717, 1.165) is 17.7 Å². The van der Waals surface area contributed by atoms with E-state index in [4.69, 9.17) is 20.9 Å². The maximum Gasteiger partial charge on any atom is 0.237 e. The molecule has 1 aromatic carbocycles. The molecule has 0 bridgehead atoms.